The van der Waals surface area contributed by atoms with Gasteiger partial charge in [-0.2, -0.15) is 0 Å². The first kappa shape index (κ1) is 16.4. The van der Waals surface area contributed by atoms with E-state index >= 15 is 0 Å². The monoisotopic (exact) mass is 289 g/mol. The molecule has 0 spiro atoms. The fourth-order valence-electron chi connectivity index (χ4n) is 3.27. The molecule has 21 heavy (non-hydrogen) atoms. The van der Waals surface area contributed by atoms with E-state index in [1.165, 1.54) is 37.7 Å². The summed E-state index contributed by atoms with van der Waals surface area (Å²) in [6.07, 6.45) is 7.81. The van der Waals surface area contributed by atoms with Crippen molar-refractivity contribution in [3.63, 3.8) is 0 Å². The van der Waals surface area contributed by atoms with Crippen LogP contribution in [-0.2, 0) is 0 Å². The van der Waals surface area contributed by atoms with E-state index in [2.05, 4.69) is 50.4 Å². The molecular weight excluding hydrogens is 258 g/mol. The Morgan fingerprint density at radius 3 is 2.57 bits per heavy atom. The van der Waals surface area contributed by atoms with E-state index < -0.39 is 0 Å². The zero-order valence-electron chi connectivity index (χ0n) is 13.9. The number of ether oxygens (including phenoxy) is 1. The molecule has 0 radical (unpaired) electrons. The van der Waals surface area contributed by atoms with Crippen LogP contribution in [0.4, 0.5) is 0 Å². The summed E-state index contributed by atoms with van der Waals surface area (Å²) < 4.78 is 6.15. The number of hydrogen-bond acceptors (Lipinski definition) is 2. The van der Waals surface area contributed by atoms with E-state index in [4.69, 9.17) is 4.74 Å². The number of nitrogens with one attached hydrogen (secondary N) is 1. The Balaban J connectivity index is 1.91. The molecular formula is C19H31NO. The second-order valence-electron chi connectivity index (χ2n) is 6.50. The molecule has 1 aromatic rings. The van der Waals surface area contributed by atoms with Gasteiger partial charge in [0.25, 0.3) is 0 Å². The minimum Gasteiger partial charge on any atom is -0.490 e. The minimum atomic E-state index is 0.416. The molecule has 0 heterocycles. The minimum absolute atomic E-state index is 0.416. The molecule has 0 bridgehead atoms. The molecule has 1 aliphatic carbocycles. The van der Waals surface area contributed by atoms with Gasteiger partial charge in [-0.1, -0.05) is 39.3 Å². The van der Waals surface area contributed by atoms with Crippen molar-refractivity contribution in [1.29, 1.82) is 0 Å². The highest BCUT2D eigenvalue weighted by atomic mass is 16.5. The van der Waals surface area contributed by atoms with Crippen LogP contribution < -0.4 is 10.1 Å². The fourth-order valence-corrected chi connectivity index (χ4v) is 3.27. The first-order valence-corrected chi connectivity index (χ1v) is 8.72. The molecule has 3 unspecified atom stereocenters. The third kappa shape index (κ3) is 5.03. The lowest BCUT2D eigenvalue weighted by Crippen LogP contribution is -2.24. The predicted molar refractivity (Wildman–Crippen MR) is 89.8 cm³/mol. The topological polar surface area (TPSA) is 21.3 Å². The third-order valence-corrected chi connectivity index (χ3v) is 4.52. The summed E-state index contributed by atoms with van der Waals surface area (Å²) in [6, 6.07) is 9.20. The summed E-state index contributed by atoms with van der Waals surface area (Å²) >= 11 is 0. The van der Waals surface area contributed by atoms with Gasteiger partial charge in [0, 0.05) is 6.04 Å². The van der Waals surface area contributed by atoms with Crippen molar-refractivity contribution in [1.82, 2.24) is 5.32 Å². The Morgan fingerprint density at radius 1 is 1.19 bits per heavy atom. The SMILES string of the molecule is CCCNC(CC)c1ccc(OC2CCCC(C)C2)cc1. The van der Waals surface area contributed by atoms with Gasteiger partial charge in [0.2, 0.25) is 0 Å². The van der Waals surface area contributed by atoms with Crippen LogP contribution in [0.15, 0.2) is 24.3 Å². The van der Waals surface area contributed by atoms with Crippen molar-refractivity contribution < 1.29 is 4.74 Å². The van der Waals surface area contributed by atoms with Crippen LogP contribution in [0.2, 0.25) is 0 Å². The molecule has 2 rings (SSSR count). The quantitative estimate of drug-likeness (QED) is 0.754. The Labute approximate surface area is 130 Å². The van der Waals surface area contributed by atoms with Crippen molar-refractivity contribution >= 4 is 0 Å². The van der Waals surface area contributed by atoms with Crippen molar-refractivity contribution in [2.45, 2.75) is 71.4 Å². The summed E-state index contributed by atoms with van der Waals surface area (Å²) in [5.74, 6) is 1.84. The van der Waals surface area contributed by atoms with Crippen LogP contribution in [0.3, 0.4) is 0 Å². The van der Waals surface area contributed by atoms with Gasteiger partial charge in [-0.15, -0.1) is 0 Å². The number of hydrogen-bond donors (Lipinski definition) is 1. The van der Waals surface area contributed by atoms with E-state index in [1.807, 2.05) is 0 Å². The smallest absolute Gasteiger partial charge is 0.119 e. The van der Waals surface area contributed by atoms with Crippen molar-refractivity contribution in [3.8, 4) is 5.75 Å². The maximum absolute atomic E-state index is 6.15. The number of benzene rings is 1. The van der Waals surface area contributed by atoms with Crippen LogP contribution >= 0.6 is 0 Å². The average Bonchev–Trinajstić information content (AvgIpc) is 2.49. The van der Waals surface area contributed by atoms with Crippen LogP contribution in [-0.4, -0.2) is 12.6 Å². The Hall–Kier alpha value is -1.02. The highest BCUT2D eigenvalue weighted by Gasteiger charge is 2.20. The number of rotatable bonds is 7. The van der Waals surface area contributed by atoms with Crippen molar-refractivity contribution in [3.05, 3.63) is 29.8 Å². The summed E-state index contributed by atoms with van der Waals surface area (Å²) in [7, 11) is 0. The van der Waals surface area contributed by atoms with Gasteiger partial charge in [-0.3, -0.25) is 0 Å². The first-order chi connectivity index (χ1) is 10.2. The second kappa shape index (κ2) is 8.43. The zero-order chi connectivity index (χ0) is 15.1. The largest absolute Gasteiger partial charge is 0.490 e. The van der Waals surface area contributed by atoms with E-state index in [0.29, 0.717) is 12.1 Å². The molecule has 2 heteroatoms. The molecule has 118 valence electrons. The van der Waals surface area contributed by atoms with Gasteiger partial charge in [-0.05, 0) is 62.3 Å². The van der Waals surface area contributed by atoms with Gasteiger partial charge >= 0.3 is 0 Å². The Kier molecular flexibility index (Phi) is 6.56. The first-order valence-electron chi connectivity index (χ1n) is 8.72. The molecule has 0 saturated heterocycles. The van der Waals surface area contributed by atoms with Gasteiger partial charge in [-0.25, -0.2) is 0 Å². The van der Waals surface area contributed by atoms with Crippen LogP contribution in [0.1, 0.15) is 70.9 Å². The molecule has 1 N–H and O–H groups in total. The Morgan fingerprint density at radius 2 is 1.95 bits per heavy atom. The second-order valence-corrected chi connectivity index (χ2v) is 6.50. The normalized spacial score (nSPS) is 23.8. The standard InChI is InChI=1S/C19H31NO/c1-4-13-20-19(5-2)16-9-11-17(12-10-16)21-18-8-6-7-15(3)14-18/h9-12,15,18-20H,4-8,13-14H2,1-3H3. The summed E-state index contributed by atoms with van der Waals surface area (Å²) in [6.45, 7) is 7.86. The van der Waals surface area contributed by atoms with Crippen LogP contribution in [0, 0.1) is 5.92 Å². The van der Waals surface area contributed by atoms with Crippen LogP contribution in [0.5, 0.6) is 5.75 Å². The van der Waals surface area contributed by atoms with Crippen molar-refractivity contribution in [2.75, 3.05) is 6.54 Å². The van der Waals surface area contributed by atoms with E-state index in [9.17, 15) is 0 Å². The van der Waals surface area contributed by atoms with Gasteiger partial charge in [0.1, 0.15) is 5.75 Å². The average molecular weight is 289 g/mol. The lowest BCUT2D eigenvalue weighted by atomic mass is 9.89. The zero-order valence-corrected chi connectivity index (χ0v) is 13.9. The maximum atomic E-state index is 6.15. The molecule has 2 nitrogen and oxygen atoms in total. The molecule has 1 fully saturated rings. The summed E-state index contributed by atoms with van der Waals surface area (Å²) in [5, 5.41) is 3.60. The summed E-state index contributed by atoms with van der Waals surface area (Å²) in [4.78, 5) is 0. The van der Waals surface area contributed by atoms with E-state index in [-0.39, 0.29) is 0 Å². The van der Waals surface area contributed by atoms with Gasteiger partial charge in [0.05, 0.1) is 6.10 Å². The van der Waals surface area contributed by atoms with E-state index in [0.717, 1.165) is 24.6 Å². The highest BCUT2D eigenvalue weighted by Crippen LogP contribution is 2.28. The molecule has 1 aromatic carbocycles. The van der Waals surface area contributed by atoms with Crippen molar-refractivity contribution in [2.24, 2.45) is 5.92 Å². The fraction of sp³-hybridized carbons (Fsp3) is 0.684. The summed E-state index contributed by atoms with van der Waals surface area (Å²) in [5.41, 5.74) is 1.37. The molecule has 0 aromatic heterocycles. The van der Waals surface area contributed by atoms with Gasteiger partial charge in [0.15, 0.2) is 0 Å². The van der Waals surface area contributed by atoms with Crippen LogP contribution in [0.25, 0.3) is 0 Å². The lowest BCUT2D eigenvalue weighted by Gasteiger charge is -2.27. The third-order valence-electron chi connectivity index (χ3n) is 4.52. The highest BCUT2D eigenvalue weighted by molar-refractivity contribution is 5.29. The molecule has 1 saturated carbocycles. The molecule has 0 aliphatic heterocycles. The van der Waals surface area contributed by atoms with Gasteiger partial charge < -0.3 is 10.1 Å². The molecule has 0 amide bonds. The maximum Gasteiger partial charge on any atom is 0.119 e. The lowest BCUT2D eigenvalue weighted by molar-refractivity contribution is 0.129. The van der Waals surface area contributed by atoms with E-state index in [1.54, 1.807) is 0 Å². The predicted octanol–water partition coefficient (Wildman–Crippen LogP) is 5.09. The molecule has 3 atom stereocenters. The Bertz CT molecular complexity index is 401. The molecule has 1 aliphatic rings.